The lowest BCUT2D eigenvalue weighted by atomic mass is 10.0. The maximum Gasteiger partial charge on any atom is 0.103 e. The minimum Gasteiger partial charge on any atom is -0.380 e. The molecular weight excluding hydrogens is 246 g/mol. The highest BCUT2D eigenvalue weighted by Gasteiger charge is 2.08. The van der Waals surface area contributed by atoms with Crippen LogP contribution in [0.4, 0.5) is 5.69 Å². The molecule has 0 aliphatic carbocycles. The van der Waals surface area contributed by atoms with Gasteiger partial charge in [0.25, 0.3) is 0 Å². The highest BCUT2D eigenvalue weighted by Crippen LogP contribution is 2.20. The van der Waals surface area contributed by atoms with Gasteiger partial charge in [0.05, 0.1) is 16.9 Å². The Morgan fingerprint density at radius 2 is 1.90 bits per heavy atom. The molecule has 0 radical (unpaired) electrons. The fourth-order valence-electron chi connectivity index (χ4n) is 2.37. The van der Waals surface area contributed by atoms with Crippen molar-refractivity contribution in [3.8, 4) is 6.07 Å². The number of hydrogen-bond acceptors (Lipinski definition) is 3. The first-order chi connectivity index (χ1) is 9.65. The standard InChI is InChI=1S/C17H19N3/c1-4-14-7-5-6-8-15(14)11-19-17-9-12(2)20-13(3)16(17)10-18/h5-9H,4,11H2,1-3H3,(H,19,20). The SMILES string of the molecule is CCc1ccccc1CNc1cc(C)nc(C)c1C#N. The Hall–Kier alpha value is -2.34. The lowest BCUT2D eigenvalue weighted by Crippen LogP contribution is -2.06. The molecule has 20 heavy (non-hydrogen) atoms. The van der Waals surface area contributed by atoms with Crippen LogP contribution in [0.25, 0.3) is 0 Å². The Morgan fingerprint density at radius 3 is 2.55 bits per heavy atom. The van der Waals surface area contributed by atoms with E-state index in [0.29, 0.717) is 5.56 Å². The molecule has 0 aliphatic heterocycles. The van der Waals surface area contributed by atoms with Gasteiger partial charge in [0.2, 0.25) is 0 Å². The van der Waals surface area contributed by atoms with Crippen LogP contribution in [0, 0.1) is 25.2 Å². The number of aryl methyl sites for hydroxylation is 3. The zero-order valence-electron chi connectivity index (χ0n) is 12.2. The maximum absolute atomic E-state index is 9.26. The summed E-state index contributed by atoms with van der Waals surface area (Å²) in [6.45, 7) is 6.69. The second-order valence-electron chi connectivity index (χ2n) is 4.86. The molecule has 2 rings (SSSR count). The fraction of sp³-hybridized carbons (Fsp3) is 0.294. The van der Waals surface area contributed by atoms with E-state index in [9.17, 15) is 5.26 Å². The first kappa shape index (κ1) is 14.1. The minimum absolute atomic E-state index is 0.629. The molecule has 3 heteroatoms. The second-order valence-corrected chi connectivity index (χ2v) is 4.86. The number of pyridine rings is 1. The summed E-state index contributed by atoms with van der Waals surface area (Å²) in [4.78, 5) is 4.33. The summed E-state index contributed by atoms with van der Waals surface area (Å²) in [5.74, 6) is 0. The molecule has 2 aromatic rings. The van der Waals surface area contributed by atoms with Crippen LogP contribution in [0.1, 0.15) is 35.0 Å². The number of nitrogens with one attached hydrogen (secondary N) is 1. The summed E-state index contributed by atoms with van der Waals surface area (Å²) in [6, 6.07) is 12.5. The maximum atomic E-state index is 9.26. The van der Waals surface area contributed by atoms with Crippen molar-refractivity contribution < 1.29 is 0 Å². The number of rotatable bonds is 4. The van der Waals surface area contributed by atoms with Gasteiger partial charge in [0.15, 0.2) is 0 Å². The molecule has 0 saturated heterocycles. The van der Waals surface area contributed by atoms with Crippen molar-refractivity contribution in [1.29, 1.82) is 5.26 Å². The van der Waals surface area contributed by atoms with Gasteiger partial charge in [0.1, 0.15) is 6.07 Å². The highest BCUT2D eigenvalue weighted by atomic mass is 14.9. The summed E-state index contributed by atoms with van der Waals surface area (Å²) in [7, 11) is 0. The molecule has 0 atom stereocenters. The van der Waals surface area contributed by atoms with Crippen LogP contribution >= 0.6 is 0 Å². The van der Waals surface area contributed by atoms with Crippen molar-refractivity contribution in [2.45, 2.75) is 33.7 Å². The van der Waals surface area contributed by atoms with Gasteiger partial charge in [-0.15, -0.1) is 0 Å². The van der Waals surface area contributed by atoms with Gasteiger partial charge in [-0.25, -0.2) is 0 Å². The highest BCUT2D eigenvalue weighted by molar-refractivity contribution is 5.60. The Morgan fingerprint density at radius 1 is 1.20 bits per heavy atom. The van der Waals surface area contributed by atoms with Gasteiger partial charge < -0.3 is 5.32 Å². The van der Waals surface area contributed by atoms with Crippen molar-refractivity contribution in [2.75, 3.05) is 5.32 Å². The van der Waals surface area contributed by atoms with Crippen molar-refractivity contribution in [3.05, 3.63) is 58.4 Å². The predicted octanol–water partition coefficient (Wildman–Crippen LogP) is 3.74. The fourth-order valence-corrected chi connectivity index (χ4v) is 2.37. The average Bonchev–Trinajstić information content (AvgIpc) is 2.45. The van der Waals surface area contributed by atoms with E-state index in [2.05, 4.69) is 41.5 Å². The number of nitrogens with zero attached hydrogens (tertiary/aromatic N) is 2. The van der Waals surface area contributed by atoms with Crippen molar-refractivity contribution in [3.63, 3.8) is 0 Å². The lowest BCUT2D eigenvalue weighted by molar-refractivity contribution is 1.03. The first-order valence-corrected chi connectivity index (χ1v) is 6.84. The van der Waals surface area contributed by atoms with E-state index in [1.54, 1.807) is 0 Å². The van der Waals surface area contributed by atoms with E-state index in [1.165, 1.54) is 11.1 Å². The molecule has 0 fully saturated rings. The molecule has 1 heterocycles. The van der Waals surface area contributed by atoms with Gasteiger partial charge in [-0.1, -0.05) is 31.2 Å². The van der Waals surface area contributed by atoms with Crippen molar-refractivity contribution in [1.82, 2.24) is 4.98 Å². The van der Waals surface area contributed by atoms with Crippen LogP contribution in [-0.2, 0) is 13.0 Å². The van der Waals surface area contributed by atoms with Gasteiger partial charge >= 0.3 is 0 Å². The van der Waals surface area contributed by atoms with Crippen molar-refractivity contribution >= 4 is 5.69 Å². The third-order valence-electron chi connectivity index (χ3n) is 3.41. The Balaban J connectivity index is 2.25. The zero-order chi connectivity index (χ0) is 14.5. The van der Waals surface area contributed by atoms with E-state index < -0.39 is 0 Å². The predicted molar refractivity (Wildman–Crippen MR) is 81.6 cm³/mol. The van der Waals surface area contributed by atoms with Crippen LogP contribution < -0.4 is 5.32 Å². The number of nitriles is 1. The molecule has 1 aromatic carbocycles. The molecule has 0 unspecified atom stereocenters. The molecule has 0 amide bonds. The normalized spacial score (nSPS) is 10.1. The third-order valence-corrected chi connectivity index (χ3v) is 3.41. The molecule has 0 aliphatic rings. The largest absolute Gasteiger partial charge is 0.380 e. The van der Waals surface area contributed by atoms with Gasteiger partial charge in [-0.3, -0.25) is 4.98 Å². The summed E-state index contributed by atoms with van der Waals surface area (Å²) >= 11 is 0. The number of benzene rings is 1. The van der Waals surface area contributed by atoms with E-state index in [4.69, 9.17) is 0 Å². The molecule has 0 spiro atoms. The molecule has 102 valence electrons. The van der Waals surface area contributed by atoms with Crippen LogP contribution in [0.15, 0.2) is 30.3 Å². The Labute approximate surface area is 120 Å². The summed E-state index contributed by atoms with van der Waals surface area (Å²) in [5, 5.41) is 12.6. The second kappa shape index (κ2) is 6.21. The van der Waals surface area contributed by atoms with E-state index in [0.717, 1.165) is 30.0 Å². The van der Waals surface area contributed by atoms with Crippen LogP contribution in [0.5, 0.6) is 0 Å². The zero-order valence-corrected chi connectivity index (χ0v) is 12.2. The number of hydrogen-bond donors (Lipinski definition) is 1. The Kier molecular flexibility index (Phi) is 4.37. The molecule has 0 bridgehead atoms. The molecule has 1 N–H and O–H groups in total. The van der Waals surface area contributed by atoms with Gasteiger partial charge in [-0.2, -0.15) is 5.26 Å². The third kappa shape index (κ3) is 2.97. The molecular formula is C17H19N3. The summed E-state index contributed by atoms with van der Waals surface area (Å²) in [6.07, 6.45) is 1.01. The monoisotopic (exact) mass is 265 g/mol. The van der Waals surface area contributed by atoms with E-state index >= 15 is 0 Å². The lowest BCUT2D eigenvalue weighted by Gasteiger charge is -2.13. The van der Waals surface area contributed by atoms with Crippen molar-refractivity contribution in [2.24, 2.45) is 0 Å². The van der Waals surface area contributed by atoms with Crippen LogP contribution in [-0.4, -0.2) is 4.98 Å². The molecule has 1 aromatic heterocycles. The first-order valence-electron chi connectivity index (χ1n) is 6.84. The van der Waals surface area contributed by atoms with E-state index in [1.807, 2.05) is 26.0 Å². The average molecular weight is 265 g/mol. The van der Waals surface area contributed by atoms with Crippen LogP contribution in [0.3, 0.4) is 0 Å². The summed E-state index contributed by atoms with van der Waals surface area (Å²) < 4.78 is 0. The topological polar surface area (TPSA) is 48.7 Å². The quantitative estimate of drug-likeness (QED) is 0.916. The molecule has 3 nitrogen and oxygen atoms in total. The summed E-state index contributed by atoms with van der Waals surface area (Å²) in [5.41, 5.74) is 5.80. The Bertz CT molecular complexity index is 654. The van der Waals surface area contributed by atoms with Gasteiger partial charge in [-0.05, 0) is 37.5 Å². The molecule has 0 saturated carbocycles. The van der Waals surface area contributed by atoms with E-state index in [-0.39, 0.29) is 0 Å². The smallest absolute Gasteiger partial charge is 0.103 e. The van der Waals surface area contributed by atoms with Gasteiger partial charge in [0, 0.05) is 12.2 Å². The minimum atomic E-state index is 0.629. The van der Waals surface area contributed by atoms with Crippen LogP contribution in [0.2, 0.25) is 0 Å². The number of anilines is 1. The number of aromatic nitrogens is 1.